The molecule has 162 valence electrons. The van der Waals surface area contributed by atoms with Crippen molar-refractivity contribution in [3.63, 3.8) is 0 Å². The first-order chi connectivity index (χ1) is 14.8. The fraction of sp³-hybridized carbons (Fsp3) is 0.360. The Morgan fingerprint density at radius 2 is 1.58 bits per heavy atom. The molecule has 3 rings (SSSR count). The third-order valence-corrected chi connectivity index (χ3v) is 5.24. The van der Waals surface area contributed by atoms with Crippen molar-refractivity contribution in [2.45, 2.75) is 46.0 Å². The molecule has 0 radical (unpaired) electrons. The van der Waals surface area contributed by atoms with Crippen molar-refractivity contribution in [3.05, 3.63) is 65.2 Å². The molecule has 0 aliphatic heterocycles. The largest absolute Gasteiger partial charge is 0.466 e. The summed E-state index contributed by atoms with van der Waals surface area (Å²) in [5.74, 6) is -0.586. The van der Waals surface area contributed by atoms with Crippen LogP contribution in [-0.2, 0) is 19.7 Å². The highest BCUT2D eigenvalue weighted by Gasteiger charge is 2.29. The van der Waals surface area contributed by atoms with Crippen molar-refractivity contribution in [1.29, 1.82) is 0 Å². The second kappa shape index (κ2) is 9.69. The number of nitrogens with zero attached hydrogens (tertiary/aromatic N) is 2. The summed E-state index contributed by atoms with van der Waals surface area (Å²) in [6.45, 7) is 8.66. The van der Waals surface area contributed by atoms with Crippen LogP contribution < -0.4 is 0 Å². The van der Waals surface area contributed by atoms with Gasteiger partial charge in [0.05, 0.1) is 36.6 Å². The van der Waals surface area contributed by atoms with Crippen molar-refractivity contribution < 1.29 is 19.1 Å². The molecule has 0 heterocycles. The number of rotatable bonds is 7. The van der Waals surface area contributed by atoms with Gasteiger partial charge in [0.2, 0.25) is 0 Å². The predicted octanol–water partition coefficient (Wildman–Crippen LogP) is 6.30. The molecular formula is C25H28N2O4. The maximum absolute atomic E-state index is 12.1. The molecule has 2 aromatic rings. The molecule has 0 amide bonds. The molecule has 0 aromatic heterocycles. The van der Waals surface area contributed by atoms with E-state index in [1.54, 1.807) is 31.2 Å². The molecule has 0 bridgehead atoms. The Hall–Kier alpha value is -3.28. The Kier molecular flexibility index (Phi) is 7.00. The van der Waals surface area contributed by atoms with Crippen molar-refractivity contribution >= 4 is 28.9 Å². The lowest BCUT2D eigenvalue weighted by Crippen LogP contribution is -2.22. The molecule has 6 nitrogen and oxygen atoms in total. The van der Waals surface area contributed by atoms with Gasteiger partial charge >= 0.3 is 11.9 Å². The number of carbonyl (C=O) groups excluding carboxylic acids is 2. The Morgan fingerprint density at radius 1 is 0.935 bits per heavy atom. The summed E-state index contributed by atoms with van der Waals surface area (Å²) in [4.78, 5) is 23.8. The molecule has 0 atom stereocenters. The summed E-state index contributed by atoms with van der Waals surface area (Å²) in [6, 6.07) is 12.8. The summed E-state index contributed by atoms with van der Waals surface area (Å²) in [5.41, 5.74) is 4.94. The molecule has 2 aromatic carbocycles. The Balaban J connectivity index is 1.83. The van der Waals surface area contributed by atoms with Gasteiger partial charge in [-0.1, -0.05) is 26.0 Å². The van der Waals surface area contributed by atoms with Crippen LogP contribution in [0.15, 0.2) is 58.8 Å². The highest BCUT2D eigenvalue weighted by molar-refractivity contribution is 5.89. The van der Waals surface area contributed by atoms with Crippen LogP contribution in [0.1, 0.15) is 62.0 Å². The normalized spacial score (nSPS) is 14.6. The Bertz CT molecular complexity index is 1020. The molecular weight excluding hydrogens is 392 g/mol. The Morgan fingerprint density at radius 3 is 2.26 bits per heavy atom. The number of fused-ring (bicyclic) bond motifs is 1. The molecule has 1 aliphatic rings. The van der Waals surface area contributed by atoms with Crippen molar-refractivity contribution in [3.8, 4) is 0 Å². The quantitative estimate of drug-likeness (QED) is 0.389. The number of azo groups is 1. The van der Waals surface area contributed by atoms with Gasteiger partial charge in [0.1, 0.15) is 0 Å². The van der Waals surface area contributed by atoms with E-state index in [-0.39, 0.29) is 23.8 Å². The summed E-state index contributed by atoms with van der Waals surface area (Å²) in [5, 5.41) is 8.64. The maximum atomic E-state index is 12.1. The maximum Gasteiger partial charge on any atom is 0.338 e. The van der Waals surface area contributed by atoms with Crippen LogP contribution in [-0.4, -0.2) is 25.2 Å². The lowest BCUT2D eigenvalue weighted by molar-refractivity contribution is -0.141. The van der Waals surface area contributed by atoms with E-state index in [9.17, 15) is 9.59 Å². The van der Waals surface area contributed by atoms with E-state index in [2.05, 4.69) is 36.2 Å². The smallest absolute Gasteiger partial charge is 0.338 e. The zero-order chi connectivity index (χ0) is 22.4. The molecule has 0 N–H and O–H groups in total. The highest BCUT2D eigenvalue weighted by atomic mass is 16.5. The monoisotopic (exact) mass is 420 g/mol. The van der Waals surface area contributed by atoms with Gasteiger partial charge in [-0.3, -0.25) is 4.79 Å². The van der Waals surface area contributed by atoms with Gasteiger partial charge in [0, 0.05) is 0 Å². The summed E-state index contributed by atoms with van der Waals surface area (Å²) in [6.07, 6.45) is 3.23. The van der Waals surface area contributed by atoms with Crippen LogP contribution in [0.25, 0.3) is 5.57 Å². The van der Waals surface area contributed by atoms with Crippen LogP contribution in [0, 0.1) is 0 Å². The van der Waals surface area contributed by atoms with E-state index < -0.39 is 0 Å². The second-order valence-corrected chi connectivity index (χ2v) is 8.00. The van der Waals surface area contributed by atoms with Gasteiger partial charge in [-0.25, -0.2) is 4.79 Å². The minimum atomic E-state index is -0.357. The SMILES string of the molecule is CCOC(=O)CC1=CCC(C)(C)c2ccc(/N=N/c3ccc(C(=O)OCC)cc3)cc21. The second-order valence-electron chi connectivity index (χ2n) is 8.00. The van der Waals surface area contributed by atoms with E-state index in [0.29, 0.717) is 30.2 Å². The van der Waals surface area contributed by atoms with E-state index in [0.717, 1.165) is 17.6 Å². The Labute approximate surface area is 183 Å². The highest BCUT2D eigenvalue weighted by Crippen LogP contribution is 2.41. The number of hydrogen-bond acceptors (Lipinski definition) is 6. The van der Waals surface area contributed by atoms with Crippen molar-refractivity contribution in [2.75, 3.05) is 13.2 Å². The fourth-order valence-corrected chi connectivity index (χ4v) is 3.58. The lowest BCUT2D eigenvalue weighted by Gasteiger charge is -2.32. The summed E-state index contributed by atoms with van der Waals surface area (Å²) < 4.78 is 10.1. The number of allylic oxidation sites excluding steroid dienone is 1. The van der Waals surface area contributed by atoms with Gasteiger partial charge in [0.15, 0.2) is 0 Å². The number of hydrogen-bond donors (Lipinski definition) is 0. The molecule has 0 saturated carbocycles. The van der Waals surface area contributed by atoms with Gasteiger partial charge < -0.3 is 9.47 Å². The van der Waals surface area contributed by atoms with Gasteiger partial charge in [0.25, 0.3) is 0 Å². The number of esters is 2. The molecule has 0 unspecified atom stereocenters. The molecule has 0 fully saturated rings. The minimum Gasteiger partial charge on any atom is -0.466 e. The molecule has 0 spiro atoms. The van der Waals surface area contributed by atoms with E-state index in [1.165, 1.54) is 5.56 Å². The zero-order valence-corrected chi connectivity index (χ0v) is 18.5. The molecule has 1 aliphatic carbocycles. The van der Waals surface area contributed by atoms with Gasteiger partial charge in [-0.05, 0) is 78.8 Å². The van der Waals surface area contributed by atoms with E-state index >= 15 is 0 Å². The van der Waals surface area contributed by atoms with Crippen LogP contribution in [0.2, 0.25) is 0 Å². The predicted molar refractivity (Wildman–Crippen MR) is 120 cm³/mol. The van der Waals surface area contributed by atoms with Crippen molar-refractivity contribution in [1.82, 2.24) is 0 Å². The first-order valence-electron chi connectivity index (χ1n) is 10.5. The number of carbonyl (C=O) groups is 2. The molecule has 31 heavy (non-hydrogen) atoms. The standard InChI is InChI=1S/C25H28N2O4/c1-5-30-23(28)15-18-13-14-25(3,4)22-12-11-20(16-21(18)22)27-26-19-9-7-17(8-10-19)24(29)31-6-2/h7-13,16H,5-6,14-15H2,1-4H3/b27-26+. The number of benzene rings is 2. The van der Waals surface area contributed by atoms with Gasteiger partial charge in [-0.15, -0.1) is 0 Å². The average molecular weight is 421 g/mol. The van der Waals surface area contributed by atoms with Crippen LogP contribution >= 0.6 is 0 Å². The van der Waals surface area contributed by atoms with Crippen LogP contribution in [0.5, 0.6) is 0 Å². The summed E-state index contributed by atoms with van der Waals surface area (Å²) >= 11 is 0. The van der Waals surface area contributed by atoms with Gasteiger partial charge in [-0.2, -0.15) is 10.2 Å². The van der Waals surface area contributed by atoms with E-state index in [4.69, 9.17) is 9.47 Å². The fourth-order valence-electron chi connectivity index (χ4n) is 3.58. The first-order valence-corrected chi connectivity index (χ1v) is 10.5. The molecule has 0 saturated heterocycles. The van der Waals surface area contributed by atoms with Crippen LogP contribution in [0.3, 0.4) is 0 Å². The average Bonchev–Trinajstić information content (AvgIpc) is 2.75. The topological polar surface area (TPSA) is 77.3 Å². The lowest BCUT2D eigenvalue weighted by atomic mass is 9.73. The minimum absolute atomic E-state index is 0.0217. The molecule has 6 heteroatoms. The number of ether oxygens (including phenoxy) is 2. The summed E-state index contributed by atoms with van der Waals surface area (Å²) in [7, 11) is 0. The van der Waals surface area contributed by atoms with Crippen molar-refractivity contribution in [2.24, 2.45) is 10.2 Å². The first kappa shape index (κ1) is 22.4. The third kappa shape index (κ3) is 5.45. The van der Waals surface area contributed by atoms with E-state index in [1.807, 2.05) is 19.1 Å². The third-order valence-electron chi connectivity index (χ3n) is 5.24. The van der Waals surface area contributed by atoms with Crippen LogP contribution in [0.4, 0.5) is 11.4 Å². The zero-order valence-electron chi connectivity index (χ0n) is 18.5.